The van der Waals surface area contributed by atoms with Crippen LogP contribution in [0.5, 0.6) is 11.5 Å². The SMILES string of the molecule is CC(C)(C)c1ccc(C=O)c(Oc2ccccc2)c1. The van der Waals surface area contributed by atoms with Crippen LogP contribution in [0.3, 0.4) is 0 Å². The summed E-state index contributed by atoms with van der Waals surface area (Å²) in [5, 5.41) is 0. The molecule has 2 aromatic rings. The lowest BCUT2D eigenvalue weighted by atomic mass is 9.86. The highest BCUT2D eigenvalue weighted by Crippen LogP contribution is 2.30. The molecule has 0 bridgehead atoms. The summed E-state index contributed by atoms with van der Waals surface area (Å²) in [5.74, 6) is 1.34. The predicted molar refractivity (Wildman–Crippen MR) is 77.0 cm³/mol. The van der Waals surface area contributed by atoms with Crippen LogP contribution in [0.2, 0.25) is 0 Å². The van der Waals surface area contributed by atoms with E-state index in [0.29, 0.717) is 11.3 Å². The number of hydrogen-bond acceptors (Lipinski definition) is 2. The third-order valence-corrected chi connectivity index (χ3v) is 2.98. The second-order valence-electron chi connectivity index (χ2n) is 5.54. The molecule has 0 aromatic heterocycles. The van der Waals surface area contributed by atoms with Crippen LogP contribution >= 0.6 is 0 Å². The summed E-state index contributed by atoms with van der Waals surface area (Å²) >= 11 is 0. The molecule has 0 spiro atoms. The van der Waals surface area contributed by atoms with Crippen molar-refractivity contribution >= 4 is 6.29 Å². The molecule has 0 aliphatic rings. The second kappa shape index (κ2) is 5.27. The number of para-hydroxylation sites is 1. The lowest BCUT2D eigenvalue weighted by Crippen LogP contribution is -2.11. The Morgan fingerprint density at radius 3 is 2.26 bits per heavy atom. The van der Waals surface area contributed by atoms with Crippen LogP contribution in [-0.4, -0.2) is 6.29 Å². The maximum Gasteiger partial charge on any atom is 0.153 e. The first-order valence-corrected chi connectivity index (χ1v) is 6.33. The summed E-state index contributed by atoms with van der Waals surface area (Å²) in [7, 11) is 0. The molecule has 19 heavy (non-hydrogen) atoms. The van der Waals surface area contributed by atoms with E-state index >= 15 is 0 Å². The standard InChI is InChI=1S/C17H18O2/c1-17(2,3)14-10-9-13(12-18)16(11-14)19-15-7-5-4-6-8-15/h4-12H,1-3H3. The fourth-order valence-electron chi connectivity index (χ4n) is 1.80. The van der Waals surface area contributed by atoms with Crippen molar-refractivity contribution in [3.05, 3.63) is 59.7 Å². The van der Waals surface area contributed by atoms with Crippen molar-refractivity contribution in [3.63, 3.8) is 0 Å². The quantitative estimate of drug-likeness (QED) is 0.749. The van der Waals surface area contributed by atoms with Crippen molar-refractivity contribution in [2.24, 2.45) is 0 Å². The van der Waals surface area contributed by atoms with E-state index in [2.05, 4.69) is 20.8 Å². The molecule has 98 valence electrons. The second-order valence-corrected chi connectivity index (χ2v) is 5.54. The summed E-state index contributed by atoms with van der Waals surface area (Å²) in [5.41, 5.74) is 1.73. The van der Waals surface area contributed by atoms with E-state index in [1.807, 2.05) is 48.5 Å². The third kappa shape index (κ3) is 3.22. The van der Waals surface area contributed by atoms with Crippen LogP contribution in [0.25, 0.3) is 0 Å². The average molecular weight is 254 g/mol. The van der Waals surface area contributed by atoms with Crippen LogP contribution in [0.4, 0.5) is 0 Å². The molecule has 0 aliphatic heterocycles. The van der Waals surface area contributed by atoms with E-state index in [9.17, 15) is 4.79 Å². The Kier molecular flexibility index (Phi) is 3.70. The van der Waals surface area contributed by atoms with Gasteiger partial charge in [0.1, 0.15) is 11.5 Å². The molecule has 2 aromatic carbocycles. The van der Waals surface area contributed by atoms with E-state index in [1.165, 1.54) is 0 Å². The van der Waals surface area contributed by atoms with Crippen molar-refractivity contribution in [2.75, 3.05) is 0 Å². The minimum atomic E-state index is 0.0240. The zero-order chi connectivity index (χ0) is 13.9. The largest absolute Gasteiger partial charge is 0.457 e. The third-order valence-electron chi connectivity index (χ3n) is 2.98. The van der Waals surface area contributed by atoms with Gasteiger partial charge in [0.15, 0.2) is 6.29 Å². The van der Waals surface area contributed by atoms with Gasteiger partial charge in [0, 0.05) is 0 Å². The van der Waals surface area contributed by atoms with Gasteiger partial charge in [-0.1, -0.05) is 45.0 Å². The predicted octanol–water partition coefficient (Wildman–Crippen LogP) is 4.59. The van der Waals surface area contributed by atoms with E-state index in [1.54, 1.807) is 0 Å². The number of carbonyl (C=O) groups excluding carboxylic acids is 1. The molecule has 0 radical (unpaired) electrons. The molecule has 2 rings (SSSR count). The number of ether oxygens (including phenoxy) is 1. The molecule has 0 amide bonds. The summed E-state index contributed by atoms with van der Waals surface area (Å²) in [4.78, 5) is 11.1. The summed E-state index contributed by atoms with van der Waals surface area (Å²) in [6.07, 6.45) is 0.824. The minimum absolute atomic E-state index is 0.0240. The molecule has 0 saturated heterocycles. The van der Waals surface area contributed by atoms with E-state index in [-0.39, 0.29) is 5.41 Å². The van der Waals surface area contributed by atoms with Crippen molar-refractivity contribution in [3.8, 4) is 11.5 Å². The van der Waals surface area contributed by atoms with Crippen LogP contribution < -0.4 is 4.74 Å². The van der Waals surface area contributed by atoms with Gasteiger partial charge >= 0.3 is 0 Å². The Morgan fingerprint density at radius 1 is 1.00 bits per heavy atom. The fraction of sp³-hybridized carbons (Fsp3) is 0.235. The van der Waals surface area contributed by atoms with Crippen molar-refractivity contribution in [1.82, 2.24) is 0 Å². The first-order chi connectivity index (χ1) is 9.00. The number of benzene rings is 2. The van der Waals surface area contributed by atoms with Gasteiger partial charge in [-0.2, -0.15) is 0 Å². The Labute approximate surface area is 114 Å². The lowest BCUT2D eigenvalue weighted by molar-refractivity contribution is 0.112. The molecule has 0 atom stereocenters. The monoisotopic (exact) mass is 254 g/mol. The van der Waals surface area contributed by atoms with Gasteiger partial charge in [-0.05, 0) is 35.2 Å². The van der Waals surface area contributed by atoms with Crippen LogP contribution in [-0.2, 0) is 5.41 Å². The number of hydrogen-bond donors (Lipinski definition) is 0. The summed E-state index contributed by atoms with van der Waals surface area (Å²) in [6, 6.07) is 15.2. The Hall–Kier alpha value is -2.09. The van der Waals surface area contributed by atoms with Gasteiger partial charge < -0.3 is 4.74 Å². The minimum Gasteiger partial charge on any atom is -0.457 e. The molecule has 0 N–H and O–H groups in total. The van der Waals surface area contributed by atoms with Gasteiger partial charge in [0.25, 0.3) is 0 Å². The van der Waals surface area contributed by atoms with Crippen LogP contribution in [0.1, 0.15) is 36.7 Å². The highest BCUT2D eigenvalue weighted by molar-refractivity contribution is 5.79. The Balaban J connectivity index is 2.40. The topological polar surface area (TPSA) is 26.3 Å². The van der Waals surface area contributed by atoms with Crippen molar-refractivity contribution in [1.29, 1.82) is 0 Å². The van der Waals surface area contributed by atoms with Gasteiger partial charge in [0.2, 0.25) is 0 Å². The zero-order valence-corrected chi connectivity index (χ0v) is 11.5. The Bertz CT molecular complexity index is 566. The average Bonchev–Trinajstić information content (AvgIpc) is 2.39. The number of carbonyl (C=O) groups is 1. The van der Waals surface area contributed by atoms with Gasteiger partial charge in [0.05, 0.1) is 5.56 Å². The molecule has 0 saturated carbocycles. The van der Waals surface area contributed by atoms with Gasteiger partial charge in [-0.15, -0.1) is 0 Å². The van der Waals surface area contributed by atoms with E-state index in [0.717, 1.165) is 17.6 Å². The molecule has 0 fully saturated rings. The maximum atomic E-state index is 11.1. The van der Waals surface area contributed by atoms with E-state index < -0.39 is 0 Å². The molecule has 2 heteroatoms. The summed E-state index contributed by atoms with van der Waals surface area (Å²) in [6.45, 7) is 6.40. The molecule has 0 unspecified atom stereocenters. The van der Waals surface area contributed by atoms with Crippen LogP contribution in [0.15, 0.2) is 48.5 Å². The first kappa shape index (κ1) is 13.3. The van der Waals surface area contributed by atoms with Crippen LogP contribution in [0, 0.1) is 0 Å². The highest BCUT2D eigenvalue weighted by Gasteiger charge is 2.16. The summed E-state index contributed by atoms with van der Waals surface area (Å²) < 4.78 is 5.80. The fourth-order valence-corrected chi connectivity index (χ4v) is 1.80. The number of rotatable bonds is 3. The Morgan fingerprint density at radius 2 is 1.68 bits per heavy atom. The van der Waals surface area contributed by atoms with Gasteiger partial charge in [-0.25, -0.2) is 0 Å². The molecular weight excluding hydrogens is 236 g/mol. The molecule has 0 aliphatic carbocycles. The van der Waals surface area contributed by atoms with Crippen molar-refractivity contribution in [2.45, 2.75) is 26.2 Å². The van der Waals surface area contributed by atoms with Crippen molar-refractivity contribution < 1.29 is 9.53 Å². The smallest absolute Gasteiger partial charge is 0.153 e. The molecule has 0 heterocycles. The number of aldehydes is 1. The highest BCUT2D eigenvalue weighted by atomic mass is 16.5. The van der Waals surface area contributed by atoms with E-state index in [4.69, 9.17) is 4.74 Å². The normalized spacial score (nSPS) is 11.1. The zero-order valence-electron chi connectivity index (χ0n) is 11.5. The molecule has 2 nitrogen and oxygen atoms in total. The maximum absolute atomic E-state index is 11.1. The van der Waals surface area contributed by atoms with Gasteiger partial charge in [-0.3, -0.25) is 4.79 Å². The lowest BCUT2D eigenvalue weighted by Gasteiger charge is -2.20. The first-order valence-electron chi connectivity index (χ1n) is 6.33. The molecular formula is C17H18O2.